The minimum atomic E-state index is -0.297. The molecule has 7 heteroatoms. The van der Waals surface area contributed by atoms with Gasteiger partial charge in [0.25, 0.3) is 0 Å². The van der Waals surface area contributed by atoms with Crippen LogP contribution in [0.1, 0.15) is 22.5 Å². The highest BCUT2D eigenvalue weighted by Gasteiger charge is 2.14. The number of halogens is 1. The summed E-state index contributed by atoms with van der Waals surface area (Å²) in [5.41, 5.74) is 4.19. The average Bonchev–Trinajstić information content (AvgIpc) is 3.29. The molecular weight excluding hydrogens is 373 g/mol. The summed E-state index contributed by atoms with van der Waals surface area (Å²) in [7, 11) is 0. The van der Waals surface area contributed by atoms with Crippen molar-refractivity contribution in [3.8, 4) is 17.2 Å². The Morgan fingerprint density at radius 1 is 1.17 bits per heavy atom. The molecule has 148 valence electrons. The Labute approximate surface area is 167 Å². The molecule has 0 saturated heterocycles. The lowest BCUT2D eigenvalue weighted by Crippen LogP contribution is -2.20. The Hall–Kier alpha value is -3.61. The van der Waals surface area contributed by atoms with Gasteiger partial charge >= 0.3 is 0 Å². The molecule has 29 heavy (non-hydrogen) atoms. The zero-order valence-corrected chi connectivity index (χ0v) is 16.1. The van der Waals surface area contributed by atoms with Gasteiger partial charge in [-0.2, -0.15) is 5.10 Å². The summed E-state index contributed by atoms with van der Waals surface area (Å²) in [6.07, 6.45) is 3.23. The van der Waals surface area contributed by atoms with E-state index < -0.39 is 0 Å². The Bertz CT molecular complexity index is 1090. The van der Waals surface area contributed by atoms with Crippen LogP contribution in [0.3, 0.4) is 0 Å². The normalized spacial score (nSPS) is 12.5. The van der Waals surface area contributed by atoms with Gasteiger partial charge in [-0.1, -0.05) is 6.07 Å². The Morgan fingerprint density at radius 3 is 2.72 bits per heavy atom. The smallest absolute Gasteiger partial charge is 0.244 e. The Morgan fingerprint density at radius 2 is 1.93 bits per heavy atom. The standard InChI is InChI=1S/C22H20FN3O3/c1-14-19(15(2)26(25-14)18-6-4-17(23)5-7-18)8-10-22(27)24-12-16-3-9-20-21(11-16)29-13-28-20/h3-11H,12-13H2,1-2H3,(H,24,27)/b10-8+. The quantitative estimate of drug-likeness (QED) is 0.672. The first-order valence-electron chi connectivity index (χ1n) is 9.18. The maximum Gasteiger partial charge on any atom is 0.244 e. The van der Waals surface area contributed by atoms with Gasteiger partial charge in [0.05, 0.1) is 11.4 Å². The van der Waals surface area contributed by atoms with Gasteiger partial charge in [-0.25, -0.2) is 9.07 Å². The molecule has 1 aliphatic heterocycles. The van der Waals surface area contributed by atoms with E-state index in [0.717, 1.165) is 28.2 Å². The van der Waals surface area contributed by atoms with Crippen LogP contribution in [0.4, 0.5) is 4.39 Å². The summed E-state index contributed by atoms with van der Waals surface area (Å²) in [4.78, 5) is 12.2. The van der Waals surface area contributed by atoms with Crippen LogP contribution in [0.25, 0.3) is 11.8 Å². The number of amides is 1. The molecule has 6 nitrogen and oxygen atoms in total. The minimum Gasteiger partial charge on any atom is -0.454 e. The van der Waals surface area contributed by atoms with E-state index in [-0.39, 0.29) is 18.5 Å². The van der Waals surface area contributed by atoms with Crippen molar-refractivity contribution < 1.29 is 18.7 Å². The third-order valence-electron chi connectivity index (χ3n) is 4.72. The second kappa shape index (κ2) is 7.79. The van der Waals surface area contributed by atoms with Crippen LogP contribution in [-0.4, -0.2) is 22.5 Å². The highest BCUT2D eigenvalue weighted by Crippen LogP contribution is 2.32. The molecule has 0 atom stereocenters. The molecular formula is C22H20FN3O3. The average molecular weight is 393 g/mol. The number of rotatable bonds is 5. The number of ether oxygens (including phenoxy) is 2. The zero-order valence-electron chi connectivity index (χ0n) is 16.1. The van der Waals surface area contributed by atoms with Gasteiger partial charge in [0.15, 0.2) is 11.5 Å². The molecule has 0 saturated carbocycles. The molecule has 1 amide bonds. The molecule has 4 rings (SSSR count). The van der Waals surface area contributed by atoms with Crippen LogP contribution in [0.2, 0.25) is 0 Å². The van der Waals surface area contributed by atoms with Crippen molar-refractivity contribution in [1.82, 2.24) is 15.1 Å². The number of carbonyl (C=O) groups is 1. The van der Waals surface area contributed by atoms with Crippen LogP contribution in [0.5, 0.6) is 11.5 Å². The highest BCUT2D eigenvalue weighted by molar-refractivity contribution is 5.92. The van der Waals surface area contributed by atoms with Crippen LogP contribution in [0.15, 0.2) is 48.5 Å². The van der Waals surface area contributed by atoms with Gasteiger partial charge in [0, 0.05) is 23.9 Å². The van der Waals surface area contributed by atoms with E-state index in [1.165, 1.54) is 18.2 Å². The number of nitrogens with zero attached hydrogens (tertiary/aromatic N) is 2. The summed E-state index contributed by atoms with van der Waals surface area (Å²) < 4.78 is 25.5. The minimum absolute atomic E-state index is 0.212. The fourth-order valence-corrected chi connectivity index (χ4v) is 3.19. The van der Waals surface area contributed by atoms with E-state index in [1.54, 1.807) is 22.9 Å². The summed E-state index contributed by atoms with van der Waals surface area (Å²) in [5, 5.41) is 7.35. The summed E-state index contributed by atoms with van der Waals surface area (Å²) in [6.45, 7) is 4.38. The number of nitrogens with one attached hydrogen (secondary N) is 1. The SMILES string of the molecule is Cc1nn(-c2ccc(F)cc2)c(C)c1/C=C/C(=O)NCc1ccc2c(c1)OCO2. The molecule has 0 radical (unpaired) electrons. The number of carbonyl (C=O) groups excluding carboxylic acids is 1. The molecule has 3 aromatic rings. The van der Waals surface area contributed by atoms with Crippen LogP contribution in [-0.2, 0) is 11.3 Å². The Kier molecular flexibility index (Phi) is 5.03. The van der Waals surface area contributed by atoms with Crippen molar-refractivity contribution in [1.29, 1.82) is 0 Å². The number of benzene rings is 2. The second-order valence-corrected chi connectivity index (χ2v) is 6.71. The van der Waals surface area contributed by atoms with Gasteiger partial charge < -0.3 is 14.8 Å². The largest absolute Gasteiger partial charge is 0.454 e. The van der Waals surface area contributed by atoms with Crippen molar-refractivity contribution in [2.45, 2.75) is 20.4 Å². The third kappa shape index (κ3) is 3.99. The maximum atomic E-state index is 13.2. The van der Waals surface area contributed by atoms with Gasteiger partial charge in [-0.15, -0.1) is 0 Å². The van der Waals surface area contributed by atoms with Gasteiger partial charge in [0.2, 0.25) is 12.7 Å². The fourth-order valence-electron chi connectivity index (χ4n) is 3.19. The summed E-state index contributed by atoms with van der Waals surface area (Å²) in [5.74, 6) is 0.890. The van der Waals surface area contributed by atoms with Crippen molar-refractivity contribution >= 4 is 12.0 Å². The van der Waals surface area contributed by atoms with Gasteiger partial charge in [0.1, 0.15) is 5.82 Å². The number of aromatic nitrogens is 2. The van der Waals surface area contributed by atoms with Gasteiger partial charge in [-0.05, 0) is 61.9 Å². The monoisotopic (exact) mass is 393 g/mol. The first-order valence-corrected chi connectivity index (χ1v) is 9.18. The lowest BCUT2D eigenvalue weighted by Gasteiger charge is -2.05. The summed E-state index contributed by atoms with van der Waals surface area (Å²) in [6, 6.07) is 11.7. The first-order chi connectivity index (χ1) is 14.0. The molecule has 1 aliphatic rings. The second-order valence-electron chi connectivity index (χ2n) is 6.71. The fraction of sp³-hybridized carbons (Fsp3) is 0.182. The van der Waals surface area contributed by atoms with Gasteiger partial charge in [-0.3, -0.25) is 4.79 Å². The van der Waals surface area contributed by atoms with Crippen LogP contribution in [0, 0.1) is 19.7 Å². The molecule has 0 aliphatic carbocycles. The van der Waals surface area contributed by atoms with E-state index in [0.29, 0.717) is 18.0 Å². The van der Waals surface area contributed by atoms with Crippen molar-refractivity contribution in [3.63, 3.8) is 0 Å². The van der Waals surface area contributed by atoms with Crippen molar-refractivity contribution in [3.05, 3.63) is 76.9 Å². The van der Waals surface area contributed by atoms with E-state index in [1.807, 2.05) is 32.0 Å². The lowest BCUT2D eigenvalue weighted by atomic mass is 10.1. The highest BCUT2D eigenvalue weighted by atomic mass is 19.1. The van der Waals surface area contributed by atoms with Crippen LogP contribution < -0.4 is 14.8 Å². The zero-order chi connectivity index (χ0) is 20.4. The number of aryl methyl sites for hydroxylation is 1. The lowest BCUT2D eigenvalue weighted by molar-refractivity contribution is -0.116. The molecule has 1 N–H and O–H groups in total. The number of hydrogen-bond donors (Lipinski definition) is 1. The molecule has 0 fully saturated rings. The predicted octanol–water partition coefficient (Wildman–Crippen LogP) is 3.69. The molecule has 0 bridgehead atoms. The summed E-state index contributed by atoms with van der Waals surface area (Å²) >= 11 is 0. The molecule has 0 unspecified atom stereocenters. The van der Waals surface area contributed by atoms with E-state index in [2.05, 4.69) is 10.4 Å². The Balaban J connectivity index is 1.43. The van der Waals surface area contributed by atoms with E-state index in [4.69, 9.17) is 9.47 Å². The number of hydrogen-bond acceptors (Lipinski definition) is 4. The molecule has 1 aromatic heterocycles. The van der Waals surface area contributed by atoms with Crippen molar-refractivity contribution in [2.24, 2.45) is 0 Å². The number of fused-ring (bicyclic) bond motifs is 1. The maximum absolute atomic E-state index is 13.2. The van der Waals surface area contributed by atoms with E-state index >= 15 is 0 Å². The molecule has 0 spiro atoms. The van der Waals surface area contributed by atoms with Crippen molar-refractivity contribution in [2.75, 3.05) is 6.79 Å². The first kappa shape index (κ1) is 18.7. The molecule has 2 heterocycles. The molecule has 2 aromatic carbocycles. The third-order valence-corrected chi connectivity index (χ3v) is 4.72. The predicted molar refractivity (Wildman–Crippen MR) is 106 cm³/mol. The van der Waals surface area contributed by atoms with Crippen LogP contribution >= 0.6 is 0 Å². The topological polar surface area (TPSA) is 65.4 Å². The van der Waals surface area contributed by atoms with E-state index in [9.17, 15) is 9.18 Å².